The highest BCUT2D eigenvalue weighted by atomic mass is 16.6. The van der Waals surface area contributed by atoms with Crippen molar-refractivity contribution in [3.63, 3.8) is 0 Å². The lowest BCUT2D eigenvalue weighted by molar-refractivity contribution is -0.395. The number of rotatable bonds is 3. The van der Waals surface area contributed by atoms with Gasteiger partial charge in [-0.3, -0.25) is 20.2 Å². The average Bonchev–Trinajstić information content (AvgIpc) is 2.55. The van der Waals surface area contributed by atoms with Crippen molar-refractivity contribution >= 4 is 11.4 Å². The maximum atomic E-state index is 11.6. The molecule has 1 aromatic rings. The van der Waals surface area contributed by atoms with Crippen molar-refractivity contribution in [3.05, 3.63) is 43.0 Å². The molecule has 0 radical (unpaired) electrons. The van der Waals surface area contributed by atoms with Crippen LogP contribution in [0.2, 0.25) is 0 Å². The predicted molar refractivity (Wildman–Crippen MR) is 79.8 cm³/mol. The van der Waals surface area contributed by atoms with Gasteiger partial charge in [0.05, 0.1) is 9.85 Å². The summed E-state index contributed by atoms with van der Waals surface area (Å²) >= 11 is 0. The molecule has 2 rings (SSSR count). The molecule has 0 fully saturated rings. The first-order valence-electron chi connectivity index (χ1n) is 7.02. The number of fused-ring (bicyclic) bond motifs is 1. The van der Waals surface area contributed by atoms with Gasteiger partial charge in [-0.2, -0.15) is 0 Å². The number of nitrogens with zero attached hydrogens (tertiary/aromatic N) is 2. The summed E-state index contributed by atoms with van der Waals surface area (Å²) in [5.74, 6) is 0. The van der Waals surface area contributed by atoms with Crippen LogP contribution in [0.25, 0.3) is 0 Å². The Morgan fingerprint density at radius 3 is 2.19 bits per heavy atom. The van der Waals surface area contributed by atoms with E-state index in [-0.39, 0.29) is 27.8 Å². The Hall–Kier alpha value is -1.98. The molecule has 6 heteroatoms. The Morgan fingerprint density at radius 1 is 1.19 bits per heavy atom. The number of nitro benzene ring substituents is 2. The van der Waals surface area contributed by atoms with Gasteiger partial charge in [-0.05, 0) is 30.7 Å². The molecule has 0 bridgehead atoms. The molecule has 1 atom stereocenters. The minimum absolute atomic E-state index is 0.0749. The first-order valence-corrected chi connectivity index (χ1v) is 7.02. The smallest absolute Gasteiger partial charge is 0.258 e. The van der Waals surface area contributed by atoms with E-state index < -0.39 is 9.85 Å². The second kappa shape index (κ2) is 4.51. The third kappa shape index (κ3) is 2.09. The van der Waals surface area contributed by atoms with E-state index in [0.717, 1.165) is 18.4 Å². The van der Waals surface area contributed by atoms with Gasteiger partial charge in [0.15, 0.2) is 0 Å². The van der Waals surface area contributed by atoms with Crippen molar-refractivity contribution in [2.45, 2.75) is 58.3 Å². The molecule has 114 valence electrons. The molecule has 0 unspecified atom stereocenters. The van der Waals surface area contributed by atoms with Gasteiger partial charge in [-0.1, -0.05) is 27.7 Å². The summed E-state index contributed by atoms with van der Waals surface area (Å²) in [6.07, 6.45) is 1.52. The number of nitro groups is 2. The first-order chi connectivity index (χ1) is 9.55. The van der Waals surface area contributed by atoms with Crippen molar-refractivity contribution in [3.8, 4) is 0 Å². The molecule has 0 N–H and O–H groups in total. The Kier molecular flexibility index (Phi) is 3.31. The average molecular weight is 292 g/mol. The van der Waals surface area contributed by atoms with Gasteiger partial charge >= 0.3 is 0 Å². The number of benzene rings is 1. The Balaban J connectivity index is 2.95. The van der Waals surface area contributed by atoms with E-state index in [9.17, 15) is 20.2 Å². The van der Waals surface area contributed by atoms with Crippen LogP contribution in [0.15, 0.2) is 6.07 Å². The molecule has 0 saturated heterocycles. The Bertz CT molecular complexity index is 652. The standard InChI is InChI=1S/C15H20N2O4/c1-6-15(5)8-14(3,4)10-7-11(16(18)19)9(2)13(12(10)15)17(20)21/h7H,6,8H2,1-5H3/t15-/m1/s1. The van der Waals surface area contributed by atoms with Crippen LogP contribution >= 0.6 is 0 Å². The van der Waals surface area contributed by atoms with Crippen LogP contribution in [0.5, 0.6) is 0 Å². The second-order valence-electron chi connectivity index (χ2n) is 6.78. The largest absolute Gasteiger partial charge is 0.283 e. The summed E-state index contributed by atoms with van der Waals surface area (Å²) < 4.78 is 0. The van der Waals surface area contributed by atoms with Crippen LogP contribution in [-0.4, -0.2) is 9.85 Å². The zero-order valence-electron chi connectivity index (χ0n) is 13.0. The molecule has 1 aromatic carbocycles. The summed E-state index contributed by atoms with van der Waals surface area (Å²) in [6, 6.07) is 1.54. The summed E-state index contributed by atoms with van der Waals surface area (Å²) in [4.78, 5) is 21.8. The van der Waals surface area contributed by atoms with Gasteiger partial charge in [0, 0.05) is 17.0 Å². The molecule has 1 aliphatic rings. The van der Waals surface area contributed by atoms with Crippen LogP contribution < -0.4 is 0 Å². The van der Waals surface area contributed by atoms with Crippen molar-refractivity contribution in [2.24, 2.45) is 0 Å². The van der Waals surface area contributed by atoms with E-state index in [2.05, 4.69) is 0 Å². The Labute approximate surface area is 123 Å². The van der Waals surface area contributed by atoms with Crippen molar-refractivity contribution in [2.75, 3.05) is 0 Å². The van der Waals surface area contributed by atoms with Crippen LogP contribution in [0.4, 0.5) is 11.4 Å². The van der Waals surface area contributed by atoms with Crippen LogP contribution in [0.1, 0.15) is 57.2 Å². The zero-order chi connectivity index (χ0) is 16.2. The zero-order valence-corrected chi connectivity index (χ0v) is 13.0. The third-order valence-electron chi connectivity index (χ3n) is 4.85. The monoisotopic (exact) mass is 292 g/mol. The molecular formula is C15H20N2O4. The van der Waals surface area contributed by atoms with E-state index in [0.29, 0.717) is 5.56 Å². The predicted octanol–water partition coefficient (Wildman–Crippen LogP) is 4.16. The lowest BCUT2D eigenvalue weighted by Crippen LogP contribution is -2.21. The highest BCUT2D eigenvalue weighted by Gasteiger charge is 2.50. The maximum absolute atomic E-state index is 11.6. The number of hydrogen-bond acceptors (Lipinski definition) is 4. The molecule has 0 saturated carbocycles. The van der Waals surface area contributed by atoms with Crippen LogP contribution in [-0.2, 0) is 10.8 Å². The van der Waals surface area contributed by atoms with Gasteiger partial charge in [0.1, 0.15) is 5.56 Å². The Morgan fingerprint density at radius 2 is 1.76 bits per heavy atom. The fourth-order valence-corrected chi connectivity index (χ4v) is 3.78. The van der Waals surface area contributed by atoms with Gasteiger partial charge < -0.3 is 0 Å². The molecule has 0 heterocycles. The highest BCUT2D eigenvalue weighted by molar-refractivity contribution is 5.67. The normalized spacial score (nSPS) is 22.9. The molecule has 6 nitrogen and oxygen atoms in total. The molecule has 0 spiro atoms. The second-order valence-corrected chi connectivity index (χ2v) is 6.78. The van der Waals surface area contributed by atoms with Crippen LogP contribution in [0, 0.1) is 27.2 Å². The molecule has 0 aromatic heterocycles. The molecular weight excluding hydrogens is 272 g/mol. The topological polar surface area (TPSA) is 86.3 Å². The molecule has 1 aliphatic carbocycles. The molecule has 0 amide bonds. The fraction of sp³-hybridized carbons (Fsp3) is 0.600. The fourth-order valence-electron chi connectivity index (χ4n) is 3.78. The van der Waals surface area contributed by atoms with Crippen LogP contribution in [0.3, 0.4) is 0 Å². The summed E-state index contributed by atoms with van der Waals surface area (Å²) in [6.45, 7) is 9.48. The quantitative estimate of drug-likeness (QED) is 0.618. The molecule has 0 aliphatic heterocycles. The third-order valence-corrected chi connectivity index (χ3v) is 4.85. The minimum atomic E-state index is -0.527. The lowest BCUT2D eigenvalue weighted by Gasteiger charge is -2.25. The summed E-state index contributed by atoms with van der Waals surface area (Å²) in [7, 11) is 0. The van der Waals surface area contributed by atoms with E-state index in [1.165, 1.54) is 6.92 Å². The van der Waals surface area contributed by atoms with E-state index in [1.807, 2.05) is 27.7 Å². The number of hydrogen-bond donors (Lipinski definition) is 0. The van der Waals surface area contributed by atoms with Gasteiger partial charge in [-0.15, -0.1) is 0 Å². The SMILES string of the molecule is CC[C@]1(C)CC(C)(C)c2cc([N+](=O)[O-])c(C)c([N+](=O)[O-])c21. The van der Waals surface area contributed by atoms with Crippen molar-refractivity contribution < 1.29 is 9.85 Å². The highest BCUT2D eigenvalue weighted by Crippen LogP contribution is 2.56. The van der Waals surface area contributed by atoms with E-state index >= 15 is 0 Å². The van der Waals surface area contributed by atoms with Crippen molar-refractivity contribution in [1.82, 2.24) is 0 Å². The van der Waals surface area contributed by atoms with Crippen molar-refractivity contribution in [1.29, 1.82) is 0 Å². The van der Waals surface area contributed by atoms with E-state index in [4.69, 9.17) is 0 Å². The first kappa shape index (κ1) is 15.4. The van der Waals surface area contributed by atoms with E-state index in [1.54, 1.807) is 6.07 Å². The van der Waals surface area contributed by atoms with Gasteiger partial charge in [0.2, 0.25) is 0 Å². The van der Waals surface area contributed by atoms with Gasteiger partial charge in [-0.25, -0.2) is 0 Å². The van der Waals surface area contributed by atoms with Gasteiger partial charge in [0.25, 0.3) is 11.4 Å². The molecule has 21 heavy (non-hydrogen) atoms. The lowest BCUT2D eigenvalue weighted by atomic mass is 9.78. The summed E-state index contributed by atoms with van der Waals surface area (Å²) in [5, 5.41) is 22.8. The summed E-state index contributed by atoms with van der Waals surface area (Å²) in [5.41, 5.74) is 0.729. The maximum Gasteiger partial charge on any atom is 0.283 e. The minimum Gasteiger partial charge on any atom is -0.258 e.